The first-order valence-electron chi connectivity index (χ1n) is 7.13. The third-order valence-corrected chi connectivity index (χ3v) is 3.72. The van der Waals surface area contributed by atoms with Gasteiger partial charge in [-0.2, -0.15) is 0 Å². The van der Waals surface area contributed by atoms with Crippen LogP contribution in [-0.4, -0.2) is 17.9 Å². The molecule has 0 aliphatic rings. The summed E-state index contributed by atoms with van der Waals surface area (Å²) in [6.45, 7) is 2.01. The van der Waals surface area contributed by atoms with Crippen molar-refractivity contribution in [3.8, 4) is 5.75 Å². The quantitative estimate of drug-likeness (QED) is 0.572. The molecule has 0 atom stereocenters. The molecule has 3 rings (SSSR count). The van der Waals surface area contributed by atoms with Gasteiger partial charge in [0.1, 0.15) is 5.75 Å². The number of benzene rings is 2. The number of aromatic amines is 1. The van der Waals surface area contributed by atoms with Crippen LogP contribution in [0.4, 0.5) is 0 Å². The second-order valence-corrected chi connectivity index (χ2v) is 5.14. The monoisotopic (exact) mass is 291 g/mol. The molecule has 1 aromatic heterocycles. The number of para-hydroxylation sites is 1. The van der Waals surface area contributed by atoms with Crippen LogP contribution >= 0.6 is 0 Å². The fourth-order valence-corrected chi connectivity index (χ4v) is 2.52. The van der Waals surface area contributed by atoms with Crippen molar-refractivity contribution in [2.45, 2.75) is 6.92 Å². The molecule has 0 aliphatic heterocycles. The predicted octanol–water partition coefficient (Wildman–Crippen LogP) is 4.38. The van der Waals surface area contributed by atoms with Crippen molar-refractivity contribution in [2.75, 3.05) is 7.11 Å². The third-order valence-electron chi connectivity index (χ3n) is 3.72. The number of aryl methyl sites for hydroxylation is 1. The number of fused-ring (bicyclic) bond motifs is 1. The number of ether oxygens (including phenoxy) is 1. The Morgan fingerprint density at radius 2 is 1.82 bits per heavy atom. The van der Waals surface area contributed by atoms with Gasteiger partial charge in [-0.05, 0) is 49.4 Å². The zero-order chi connectivity index (χ0) is 15.5. The van der Waals surface area contributed by atoms with E-state index in [-0.39, 0.29) is 5.78 Å². The Morgan fingerprint density at radius 3 is 2.55 bits per heavy atom. The maximum Gasteiger partial charge on any atom is 0.185 e. The van der Waals surface area contributed by atoms with Crippen LogP contribution in [-0.2, 0) is 0 Å². The molecule has 1 heterocycles. The number of rotatable bonds is 4. The summed E-state index contributed by atoms with van der Waals surface area (Å²) in [7, 11) is 1.61. The summed E-state index contributed by atoms with van der Waals surface area (Å²) < 4.78 is 5.10. The Labute approximate surface area is 129 Å². The maximum absolute atomic E-state index is 12.2. The fraction of sp³-hybridized carbons (Fsp3) is 0.105. The molecule has 3 nitrogen and oxygen atoms in total. The SMILES string of the molecule is COc1ccc(C(=O)/C=C/c2c(C)[nH]c3ccccc23)cc1. The van der Waals surface area contributed by atoms with E-state index in [0.717, 1.165) is 27.9 Å². The Bertz CT molecular complexity index is 842. The Morgan fingerprint density at radius 1 is 1.09 bits per heavy atom. The number of aromatic nitrogens is 1. The van der Waals surface area contributed by atoms with Gasteiger partial charge in [-0.25, -0.2) is 0 Å². The number of allylic oxidation sites excluding steroid dienone is 1. The lowest BCUT2D eigenvalue weighted by molar-refractivity contribution is 0.104. The predicted molar refractivity (Wildman–Crippen MR) is 89.4 cm³/mol. The van der Waals surface area contributed by atoms with Crippen LogP contribution in [0.1, 0.15) is 21.6 Å². The Balaban J connectivity index is 1.88. The van der Waals surface area contributed by atoms with Crippen LogP contribution in [0.15, 0.2) is 54.6 Å². The summed E-state index contributed by atoms with van der Waals surface area (Å²) in [5.41, 5.74) is 3.84. The number of carbonyl (C=O) groups excluding carboxylic acids is 1. The van der Waals surface area contributed by atoms with Crippen molar-refractivity contribution in [1.29, 1.82) is 0 Å². The van der Waals surface area contributed by atoms with Gasteiger partial charge in [-0.15, -0.1) is 0 Å². The summed E-state index contributed by atoms with van der Waals surface area (Å²) in [5.74, 6) is 0.723. The number of hydrogen-bond donors (Lipinski definition) is 1. The Hall–Kier alpha value is -2.81. The summed E-state index contributed by atoms with van der Waals surface area (Å²) >= 11 is 0. The van der Waals surface area contributed by atoms with Crippen LogP contribution in [0.3, 0.4) is 0 Å². The lowest BCUT2D eigenvalue weighted by Crippen LogP contribution is -1.94. The van der Waals surface area contributed by atoms with E-state index >= 15 is 0 Å². The molecular formula is C19H17NO2. The van der Waals surface area contributed by atoms with Gasteiger partial charge < -0.3 is 9.72 Å². The molecule has 0 saturated carbocycles. The first-order chi connectivity index (χ1) is 10.7. The minimum Gasteiger partial charge on any atom is -0.497 e. The maximum atomic E-state index is 12.2. The second kappa shape index (κ2) is 5.90. The van der Waals surface area contributed by atoms with E-state index in [9.17, 15) is 4.79 Å². The number of hydrogen-bond acceptors (Lipinski definition) is 2. The molecule has 3 heteroatoms. The highest BCUT2D eigenvalue weighted by molar-refractivity contribution is 6.08. The zero-order valence-electron chi connectivity index (χ0n) is 12.6. The topological polar surface area (TPSA) is 42.1 Å². The number of methoxy groups -OCH3 is 1. The van der Waals surface area contributed by atoms with Crippen LogP contribution in [0.2, 0.25) is 0 Å². The molecule has 0 spiro atoms. The van der Waals surface area contributed by atoms with Crippen LogP contribution < -0.4 is 4.74 Å². The molecule has 22 heavy (non-hydrogen) atoms. The van der Waals surface area contributed by atoms with Gasteiger partial charge in [0.05, 0.1) is 7.11 Å². The minimum atomic E-state index is -0.0210. The Kier molecular flexibility index (Phi) is 3.79. The van der Waals surface area contributed by atoms with Gasteiger partial charge in [0.2, 0.25) is 0 Å². The molecule has 110 valence electrons. The third kappa shape index (κ3) is 2.66. The molecule has 0 aliphatic carbocycles. The highest BCUT2D eigenvalue weighted by atomic mass is 16.5. The average Bonchev–Trinajstić information content (AvgIpc) is 2.88. The first-order valence-corrected chi connectivity index (χ1v) is 7.13. The average molecular weight is 291 g/mol. The molecule has 0 bridgehead atoms. The van der Waals surface area contributed by atoms with E-state index in [4.69, 9.17) is 4.74 Å². The number of nitrogens with one attached hydrogen (secondary N) is 1. The minimum absolute atomic E-state index is 0.0210. The van der Waals surface area contributed by atoms with Crippen LogP contribution in [0.5, 0.6) is 5.75 Å². The van der Waals surface area contributed by atoms with Crippen molar-refractivity contribution in [3.05, 3.63) is 71.4 Å². The van der Waals surface area contributed by atoms with Crippen LogP contribution in [0.25, 0.3) is 17.0 Å². The second-order valence-electron chi connectivity index (χ2n) is 5.14. The number of carbonyl (C=O) groups is 1. The number of ketones is 1. The van der Waals surface area contributed by atoms with Crippen molar-refractivity contribution in [1.82, 2.24) is 4.98 Å². The molecule has 0 radical (unpaired) electrons. The normalized spacial score (nSPS) is 11.2. The van der Waals surface area contributed by atoms with E-state index in [1.807, 2.05) is 31.2 Å². The summed E-state index contributed by atoms with van der Waals surface area (Å²) in [5, 5.41) is 1.12. The fourth-order valence-electron chi connectivity index (χ4n) is 2.52. The molecule has 0 saturated heterocycles. The molecule has 1 N–H and O–H groups in total. The first kappa shape index (κ1) is 14.1. The largest absolute Gasteiger partial charge is 0.497 e. The van der Waals surface area contributed by atoms with E-state index in [1.54, 1.807) is 37.5 Å². The lowest BCUT2D eigenvalue weighted by atomic mass is 10.1. The van der Waals surface area contributed by atoms with Gasteiger partial charge in [0.25, 0.3) is 0 Å². The zero-order valence-corrected chi connectivity index (χ0v) is 12.6. The number of H-pyrrole nitrogens is 1. The molecule has 0 amide bonds. The van der Waals surface area contributed by atoms with Gasteiger partial charge >= 0.3 is 0 Å². The van der Waals surface area contributed by atoms with Gasteiger partial charge in [0, 0.05) is 27.7 Å². The van der Waals surface area contributed by atoms with Gasteiger partial charge in [-0.1, -0.05) is 18.2 Å². The highest BCUT2D eigenvalue weighted by Crippen LogP contribution is 2.23. The summed E-state index contributed by atoms with van der Waals surface area (Å²) in [6.07, 6.45) is 3.49. The van der Waals surface area contributed by atoms with Crippen LogP contribution in [0, 0.1) is 6.92 Å². The van der Waals surface area contributed by atoms with Crippen molar-refractivity contribution < 1.29 is 9.53 Å². The van der Waals surface area contributed by atoms with E-state index in [0.29, 0.717) is 5.56 Å². The molecular weight excluding hydrogens is 274 g/mol. The highest BCUT2D eigenvalue weighted by Gasteiger charge is 2.06. The summed E-state index contributed by atoms with van der Waals surface area (Å²) in [4.78, 5) is 15.6. The summed E-state index contributed by atoms with van der Waals surface area (Å²) in [6, 6.07) is 15.2. The van der Waals surface area contributed by atoms with Crippen molar-refractivity contribution >= 4 is 22.8 Å². The standard InChI is InChI=1S/C19H17NO2/c1-13-16(17-5-3-4-6-18(17)20-13)11-12-19(21)14-7-9-15(22-2)10-8-14/h3-12,20H,1-2H3/b12-11+. The van der Waals surface area contributed by atoms with Crippen molar-refractivity contribution in [3.63, 3.8) is 0 Å². The van der Waals surface area contributed by atoms with Gasteiger partial charge in [-0.3, -0.25) is 4.79 Å². The molecule has 3 aromatic rings. The van der Waals surface area contributed by atoms with Gasteiger partial charge in [0.15, 0.2) is 5.78 Å². The molecule has 0 unspecified atom stereocenters. The van der Waals surface area contributed by atoms with Crippen molar-refractivity contribution in [2.24, 2.45) is 0 Å². The molecule has 0 fully saturated rings. The smallest absolute Gasteiger partial charge is 0.185 e. The molecule has 2 aromatic carbocycles. The van der Waals surface area contributed by atoms with E-state index in [2.05, 4.69) is 11.1 Å². The van der Waals surface area contributed by atoms with E-state index < -0.39 is 0 Å². The lowest BCUT2D eigenvalue weighted by Gasteiger charge is -2.00. The van der Waals surface area contributed by atoms with E-state index in [1.165, 1.54) is 0 Å².